The smallest absolute Gasteiger partial charge is 0.377 e. The molecule has 6 rings (SSSR count). The summed E-state index contributed by atoms with van der Waals surface area (Å²) < 4.78 is 61.0. The molecule has 7 nitrogen and oxygen atoms in total. The second-order valence-corrected chi connectivity index (χ2v) is 11.5. The molecule has 0 radical (unpaired) electrons. The molecular formula is C22H21F4N5O2S2. The van der Waals surface area contributed by atoms with Crippen LogP contribution in [0, 0.1) is 5.41 Å². The Labute approximate surface area is 205 Å². The number of rotatable bonds is 5. The molecule has 4 heterocycles. The summed E-state index contributed by atoms with van der Waals surface area (Å²) in [6.07, 6.45) is 1.07. The van der Waals surface area contributed by atoms with Crippen LogP contribution in [0.4, 0.5) is 23.2 Å². The van der Waals surface area contributed by atoms with Crippen molar-refractivity contribution in [3.8, 4) is 10.7 Å². The maximum Gasteiger partial charge on any atom is 0.446 e. The van der Waals surface area contributed by atoms with E-state index in [4.69, 9.17) is 4.52 Å². The first-order valence-corrected chi connectivity index (χ1v) is 12.8. The highest BCUT2D eigenvalue weighted by Gasteiger charge is 2.57. The molecule has 2 N–H and O–H groups in total. The second kappa shape index (κ2) is 8.07. The minimum Gasteiger partial charge on any atom is -0.377 e. The molecule has 3 aliphatic rings. The SMILES string of the molecule is CN1C[C@H](F)[C@H](Nc2cccc3c(SC(F)(F)F)c(-c4noc([C@H]5CC6(CC6)C(=O)N5)n4)sc23)C1. The van der Waals surface area contributed by atoms with Gasteiger partial charge in [-0.05, 0) is 44.1 Å². The third-order valence-electron chi connectivity index (χ3n) is 6.84. The maximum atomic E-state index is 14.4. The molecule has 0 unspecified atom stereocenters. The molecule has 1 amide bonds. The van der Waals surface area contributed by atoms with E-state index >= 15 is 0 Å². The van der Waals surface area contributed by atoms with Crippen LogP contribution in [0.25, 0.3) is 20.8 Å². The van der Waals surface area contributed by atoms with Gasteiger partial charge in [-0.15, -0.1) is 11.3 Å². The van der Waals surface area contributed by atoms with Crippen molar-refractivity contribution in [2.45, 2.75) is 47.9 Å². The molecule has 1 aromatic carbocycles. The monoisotopic (exact) mass is 527 g/mol. The normalized spacial score (nSPS) is 26.1. The summed E-state index contributed by atoms with van der Waals surface area (Å²) >= 11 is 0.878. The van der Waals surface area contributed by atoms with Crippen molar-refractivity contribution in [1.29, 1.82) is 0 Å². The molecule has 3 aromatic rings. The van der Waals surface area contributed by atoms with Crippen molar-refractivity contribution in [1.82, 2.24) is 20.4 Å². The van der Waals surface area contributed by atoms with Crippen LogP contribution >= 0.6 is 23.1 Å². The summed E-state index contributed by atoms with van der Waals surface area (Å²) in [7, 11) is 1.82. The van der Waals surface area contributed by atoms with Gasteiger partial charge in [-0.2, -0.15) is 18.2 Å². The van der Waals surface area contributed by atoms with Crippen LogP contribution < -0.4 is 10.6 Å². The van der Waals surface area contributed by atoms with E-state index in [9.17, 15) is 22.4 Å². The number of nitrogens with one attached hydrogen (secondary N) is 2. The molecule has 35 heavy (non-hydrogen) atoms. The van der Waals surface area contributed by atoms with E-state index in [0.29, 0.717) is 35.3 Å². The average molecular weight is 528 g/mol. The van der Waals surface area contributed by atoms with E-state index in [1.807, 2.05) is 11.9 Å². The van der Waals surface area contributed by atoms with Gasteiger partial charge in [-0.25, -0.2) is 4.39 Å². The van der Waals surface area contributed by atoms with Crippen LogP contribution in [0.3, 0.4) is 0 Å². The quantitative estimate of drug-likeness (QED) is 0.358. The van der Waals surface area contributed by atoms with Crippen molar-refractivity contribution < 1.29 is 26.9 Å². The number of amides is 1. The lowest BCUT2D eigenvalue weighted by Crippen LogP contribution is -2.29. The number of thioether (sulfide) groups is 1. The number of hydrogen-bond acceptors (Lipinski definition) is 8. The Hall–Kier alpha value is -2.38. The number of anilines is 1. The predicted octanol–water partition coefficient (Wildman–Crippen LogP) is 4.97. The Morgan fingerprint density at radius 3 is 2.77 bits per heavy atom. The standard InChI is InChI=1S/C22H21F4N5O2S2/c1-31-8-11(23)14(9-31)27-12-4-2-3-10-15(12)34-17(16(10)35-22(24,25)26)18-29-19(33-30-18)13-7-21(5-6-21)20(32)28-13/h2-4,11,13-14,27H,5-9H2,1H3,(H,28,32)/t11-,13+,14+/m0/s1. The predicted molar refractivity (Wildman–Crippen MR) is 124 cm³/mol. The van der Waals surface area contributed by atoms with Gasteiger partial charge in [0.05, 0.1) is 26.7 Å². The second-order valence-electron chi connectivity index (χ2n) is 9.45. The zero-order chi connectivity index (χ0) is 24.5. The molecule has 1 spiro atoms. The number of aromatic nitrogens is 2. The Kier molecular flexibility index (Phi) is 5.31. The minimum atomic E-state index is -4.53. The lowest BCUT2D eigenvalue weighted by Gasteiger charge is -2.16. The molecule has 0 bridgehead atoms. The van der Waals surface area contributed by atoms with Crippen molar-refractivity contribution in [3.05, 3.63) is 24.1 Å². The van der Waals surface area contributed by atoms with Gasteiger partial charge in [0, 0.05) is 23.4 Å². The first kappa shape index (κ1) is 23.0. The maximum absolute atomic E-state index is 14.4. The molecule has 3 atom stereocenters. The summed E-state index contributed by atoms with van der Waals surface area (Å²) in [5, 5.41) is 10.4. The van der Waals surface area contributed by atoms with Gasteiger partial charge in [0.15, 0.2) is 0 Å². The Morgan fingerprint density at radius 2 is 2.11 bits per heavy atom. The number of benzene rings is 1. The van der Waals surface area contributed by atoms with Crippen LogP contribution in [-0.4, -0.2) is 58.8 Å². The van der Waals surface area contributed by atoms with Gasteiger partial charge >= 0.3 is 5.51 Å². The highest BCUT2D eigenvalue weighted by Crippen LogP contribution is 2.56. The Morgan fingerprint density at radius 1 is 1.31 bits per heavy atom. The third-order valence-corrected chi connectivity index (χ3v) is 9.06. The van der Waals surface area contributed by atoms with Crippen molar-refractivity contribution in [2.75, 3.05) is 25.5 Å². The number of hydrogen-bond donors (Lipinski definition) is 2. The molecule has 1 saturated carbocycles. The fourth-order valence-corrected chi connectivity index (χ4v) is 7.01. The number of nitrogens with zero attached hydrogens (tertiary/aromatic N) is 3. The number of likely N-dealkylation sites (N-methyl/N-ethyl adjacent to an activating group) is 1. The van der Waals surface area contributed by atoms with Crippen LogP contribution in [0.15, 0.2) is 27.6 Å². The summed E-state index contributed by atoms with van der Waals surface area (Å²) in [4.78, 5) is 18.6. The summed E-state index contributed by atoms with van der Waals surface area (Å²) in [5.41, 5.74) is -4.33. The van der Waals surface area contributed by atoms with E-state index in [1.165, 1.54) is 0 Å². The summed E-state index contributed by atoms with van der Waals surface area (Å²) in [6.45, 7) is 0.784. The fourth-order valence-electron chi connectivity index (χ4n) is 4.91. The molecule has 1 aliphatic carbocycles. The van der Waals surface area contributed by atoms with E-state index in [-0.39, 0.29) is 44.6 Å². The first-order valence-electron chi connectivity index (χ1n) is 11.2. The zero-order valence-electron chi connectivity index (χ0n) is 18.5. The summed E-state index contributed by atoms with van der Waals surface area (Å²) in [6, 6.07) is 4.08. The topological polar surface area (TPSA) is 83.3 Å². The van der Waals surface area contributed by atoms with Crippen molar-refractivity contribution >= 4 is 44.8 Å². The molecule has 3 fully saturated rings. The van der Waals surface area contributed by atoms with E-state index in [2.05, 4.69) is 20.8 Å². The Bertz CT molecular complexity index is 1300. The van der Waals surface area contributed by atoms with Gasteiger partial charge < -0.3 is 20.1 Å². The van der Waals surface area contributed by atoms with Gasteiger partial charge in [0.1, 0.15) is 12.2 Å². The van der Waals surface area contributed by atoms with Crippen molar-refractivity contribution in [3.63, 3.8) is 0 Å². The molecule has 186 valence electrons. The fraction of sp³-hybridized carbons (Fsp3) is 0.500. The highest BCUT2D eigenvalue weighted by atomic mass is 32.2. The van der Waals surface area contributed by atoms with Gasteiger partial charge in [0.25, 0.3) is 0 Å². The number of likely N-dealkylation sites (tertiary alicyclic amines) is 1. The molecular weight excluding hydrogens is 506 g/mol. The number of halogens is 4. The number of alkyl halides is 4. The number of carbonyl (C=O) groups is 1. The van der Waals surface area contributed by atoms with E-state index in [1.54, 1.807) is 18.2 Å². The minimum absolute atomic E-state index is 0.0250. The summed E-state index contributed by atoms with van der Waals surface area (Å²) in [5.74, 6) is 0.177. The number of fused-ring (bicyclic) bond motifs is 1. The molecule has 13 heteroatoms. The average Bonchev–Trinajstić information content (AvgIpc) is 3.05. The van der Waals surface area contributed by atoms with Gasteiger partial charge in [-0.3, -0.25) is 4.79 Å². The lowest BCUT2D eigenvalue weighted by atomic mass is 10.0. The van der Waals surface area contributed by atoms with Crippen LogP contribution in [-0.2, 0) is 4.79 Å². The lowest BCUT2D eigenvalue weighted by molar-refractivity contribution is -0.123. The molecule has 2 aromatic heterocycles. The van der Waals surface area contributed by atoms with Gasteiger partial charge in [-0.1, -0.05) is 17.3 Å². The zero-order valence-corrected chi connectivity index (χ0v) is 20.1. The van der Waals surface area contributed by atoms with Crippen molar-refractivity contribution in [2.24, 2.45) is 5.41 Å². The third kappa shape index (κ3) is 4.16. The van der Waals surface area contributed by atoms with E-state index < -0.39 is 23.8 Å². The van der Waals surface area contributed by atoms with Gasteiger partial charge in [0.2, 0.25) is 17.6 Å². The molecule has 2 saturated heterocycles. The molecule has 2 aliphatic heterocycles. The first-order chi connectivity index (χ1) is 16.6. The Balaban J connectivity index is 1.38. The highest BCUT2D eigenvalue weighted by molar-refractivity contribution is 8.00. The largest absolute Gasteiger partial charge is 0.446 e. The van der Waals surface area contributed by atoms with Crippen LogP contribution in [0.2, 0.25) is 0 Å². The number of carbonyl (C=O) groups excluding carboxylic acids is 1. The van der Waals surface area contributed by atoms with Crippen LogP contribution in [0.5, 0.6) is 0 Å². The van der Waals surface area contributed by atoms with E-state index in [0.717, 1.165) is 24.2 Å². The van der Waals surface area contributed by atoms with Crippen LogP contribution in [0.1, 0.15) is 31.2 Å². The number of thiophene rings is 1.